The summed E-state index contributed by atoms with van der Waals surface area (Å²) in [6.07, 6.45) is 4.70. The van der Waals surface area contributed by atoms with Gasteiger partial charge in [-0.3, -0.25) is 19.1 Å². The monoisotopic (exact) mass is 427 g/mol. The van der Waals surface area contributed by atoms with E-state index in [0.717, 1.165) is 10.4 Å². The lowest BCUT2D eigenvalue weighted by Crippen LogP contribution is -2.40. The van der Waals surface area contributed by atoms with E-state index in [1.54, 1.807) is 24.0 Å². The first-order chi connectivity index (χ1) is 14.4. The molecule has 0 spiro atoms. The second-order valence-corrected chi connectivity index (χ2v) is 8.90. The van der Waals surface area contributed by atoms with Crippen molar-refractivity contribution >= 4 is 33.9 Å². The van der Waals surface area contributed by atoms with E-state index in [9.17, 15) is 14.4 Å². The summed E-state index contributed by atoms with van der Waals surface area (Å²) in [6.45, 7) is 3.14. The maximum Gasteiger partial charge on any atom is 0.259 e. The van der Waals surface area contributed by atoms with Crippen molar-refractivity contribution in [2.75, 3.05) is 13.1 Å². The first kappa shape index (κ1) is 20.5. The molecule has 30 heavy (non-hydrogen) atoms. The van der Waals surface area contributed by atoms with Crippen LogP contribution in [0.1, 0.15) is 46.9 Å². The molecule has 1 aliphatic heterocycles. The number of rotatable bonds is 6. The number of carbonyl (C=O) groups excluding carboxylic acids is 2. The first-order valence-corrected chi connectivity index (χ1v) is 11.1. The number of fused-ring (bicyclic) bond motifs is 1. The fraction of sp³-hybridized carbons (Fsp3) is 0.476. The van der Waals surface area contributed by atoms with Gasteiger partial charge >= 0.3 is 0 Å². The van der Waals surface area contributed by atoms with Gasteiger partial charge in [0.1, 0.15) is 11.5 Å². The van der Waals surface area contributed by atoms with E-state index in [1.165, 1.54) is 11.3 Å². The van der Waals surface area contributed by atoms with Crippen LogP contribution in [-0.2, 0) is 18.3 Å². The van der Waals surface area contributed by atoms with Crippen LogP contribution in [0.5, 0.6) is 0 Å². The van der Waals surface area contributed by atoms with E-state index < -0.39 is 0 Å². The minimum atomic E-state index is -0.120. The van der Waals surface area contributed by atoms with Gasteiger partial charge < -0.3 is 9.88 Å². The van der Waals surface area contributed by atoms with Crippen LogP contribution in [0.2, 0.25) is 0 Å². The highest BCUT2D eigenvalue weighted by Gasteiger charge is 2.28. The van der Waals surface area contributed by atoms with E-state index in [-0.39, 0.29) is 23.2 Å². The predicted molar refractivity (Wildman–Crippen MR) is 115 cm³/mol. The number of nitrogens with one attached hydrogen (secondary N) is 1. The van der Waals surface area contributed by atoms with Gasteiger partial charge in [-0.05, 0) is 32.3 Å². The van der Waals surface area contributed by atoms with Crippen molar-refractivity contribution in [3.8, 4) is 0 Å². The minimum absolute atomic E-state index is 0.0665. The minimum Gasteiger partial charge on any atom is -0.343 e. The molecule has 1 saturated heterocycles. The lowest BCUT2D eigenvalue weighted by atomic mass is 9.91. The molecule has 158 valence electrons. The Kier molecular flexibility index (Phi) is 5.80. The average Bonchev–Trinajstić information content (AvgIpc) is 3.34. The Bertz CT molecular complexity index is 1140. The number of aromatic nitrogens is 4. The van der Waals surface area contributed by atoms with Crippen molar-refractivity contribution in [3.63, 3.8) is 0 Å². The number of hydrogen-bond acceptors (Lipinski definition) is 6. The summed E-state index contributed by atoms with van der Waals surface area (Å²) in [5.41, 5.74) is 1.14. The summed E-state index contributed by atoms with van der Waals surface area (Å²) in [5, 5.41) is 6.64. The Morgan fingerprint density at radius 2 is 2.07 bits per heavy atom. The maximum atomic E-state index is 12.6. The molecule has 1 fully saturated rings. The Balaban J connectivity index is 1.27. The smallest absolute Gasteiger partial charge is 0.259 e. The summed E-state index contributed by atoms with van der Waals surface area (Å²) >= 11 is 1.52. The van der Waals surface area contributed by atoms with Gasteiger partial charge in [0.2, 0.25) is 5.91 Å². The van der Waals surface area contributed by atoms with Gasteiger partial charge in [0.25, 0.3) is 5.56 Å². The molecule has 1 amide bonds. The van der Waals surface area contributed by atoms with Crippen LogP contribution in [0, 0.1) is 12.8 Å². The molecular formula is C21H25N5O3S. The summed E-state index contributed by atoms with van der Waals surface area (Å²) in [7, 11) is 1.79. The zero-order valence-electron chi connectivity index (χ0n) is 17.2. The third-order valence-electron chi connectivity index (χ3n) is 5.68. The summed E-state index contributed by atoms with van der Waals surface area (Å²) < 4.78 is 1.63. The number of nitrogens with zero attached hydrogens (tertiary/aromatic N) is 4. The fourth-order valence-electron chi connectivity index (χ4n) is 3.94. The Hall–Kier alpha value is -2.81. The van der Waals surface area contributed by atoms with Crippen LogP contribution in [-0.4, -0.2) is 49.4 Å². The van der Waals surface area contributed by atoms with E-state index in [1.807, 2.05) is 17.2 Å². The molecule has 9 heteroatoms. The standard InChI is InChI=1S/C21H25N5O3S/c1-13-19-15(12-30-13)21(29)23-17(22-19)4-3-5-18(27)26-10-6-14(7-11-26)20(28)16-8-9-25(2)24-16/h8-9,12,14H,3-7,10-11H2,1-2H3,(H,22,23,29). The van der Waals surface area contributed by atoms with Gasteiger partial charge in [0.15, 0.2) is 5.78 Å². The lowest BCUT2D eigenvalue weighted by molar-refractivity contribution is -0.132. The SMILES string of the molecule is Cc1scc2c(=O)[nH]c(CCCC(=O)N3CCC(C(=O)c4ccn(C)n4)CC3)nc12. The number of carbonyl (C=O) groups is 2. The van der Waals surface area contributed by atoms with E-state index >= 15 is 0 Å². The van der Waals surface area contributed by atoms with Crippen molar-refractivity contribution in [2.24, 2.45) is 13.0 Å². The van der Waals surface area contributed by atoms with Gasteiger partial charge in [0.05, 0.1) is 10.9 Å². The lowest BCUT2D eigenvalue weighted by Gasteiger charge is -2.31. The van der Waals surface area contributed by atoms with Gasteiger partial charge in [0, 0.05) is 55.4 Å². The van der Waals surface area contributed by atoms with Crippen molar-refractivity contribution in [2.45, 2.75) is 39.0 Å². The molecule has 8 nitrogen and oxygen atoms in total. The molecule has 4 rings (SSSR count). The highest BCUT2D eigenvalue weighted by molar-refractivity contribution is 7.11. The highest BCUT2D eigenvalue weighted by Crippen LogP contribution is 2.22. The molecule has 0 aliphatic carbocycles. The third kappa shape index (κ3) is 4.21. The average molecular weight is 428 g/mol. The molecule has 0 atom stereocenters. The van der Waals surface area contributed by atoms with Crippen molar-refractivity contribution in [1.29, 1.82) is 0 Å². The molecule has 0 radical (unpaired) electrons. The van der Waals surface area contributed by atoms with Crippen molar-refractivity contribution < 1.29 is 9.59 Å². The van der Waals surface area contributed by atoms with E-state index in [0.29, 0.717) is 62.1 Å². The number of piperidine rings is 1. The van der Waals surface area contributed by atoms with Crippen LogP contribution in [0.15, 0.2) is 22.4 Å². The molecule has 4 heterocycles. The molecule has 3 aromatic heterocycles. The van der Waals surface area contributed by atoms with Crippen LogP contribution < -0.4 is 5.56 Å². The molecule has 0 saturated carbocycles. The van der Waals surface area contributed by atoms with E-state index in [4.69, 9.17) is 0 Å². The van der Waals surface area contributed by atoms with Gasteiger partial charge in [-0.1, -0.05) is 0 Å². The first-order valence-electron chi connectivity index (χ1n) is 10.2. The predicted octanol–water partition coefficient (Wildman–Crippen LogP) is 2.47. The summed E-state index contributed by atoms with van der Waals surface area (Å²) in [6, 6.07) is 1.74. The largest absolute Gasteiger partial charge is 0.343 e. The Morgan fingerprint density at radius 1 is 1.30 bits per heavy atom. The number of H-pyrrole nitrogens is 1. The number of thiophene rings is 1. The second kappa shape index (κ2) is 8.51. The highest BCUT2D eigenvalue weighted by atomic mass is 32.1. The number of amides is 1. The Morgan fingerprint density at radius 3 is 2.77 bits per heavy atom. The summed E-state index contributed by atoms with van der Waals surface area (Å²) in [5.74, 6) is 0.714. The number of aromatic amines is 1. The van der Waals surface area contributed by atoms with Crippen LogP contribution >= 0.6 is 11.3 Å². The molecule has 1 N–H and O–H groups in total. The molecule has 3 aromatic rings. The van der Waals surface area contributed by atoms with Crippen LogP contribution in [0.4, 0.5) is 0 Å². The van der Waals surface area contributed by atoms with Gasteiger partial charge in [-0.25, -0.2) is 4.98 Å². The zero-order chi connectivity index (χ0) is 21.3. The number of Topliss-reactive ketones (excluding diaryl/α,β-unsaturated/α-hetero) is 1. The fourth-order valence-corrected chi connectivity index (χ4v) is 4.72. The quantitative estimate of drug-likeness (QED) is 0.609. The Labute approximate surface area is 177 Å². The number of likely N-dealkylation sites (tertiary alicyclic amines) is 1. The third-order valence-corrected chi connectivity index (χ3v) is 6.58. The zero-order valence-corrected chi connectivity index (χ0v) is 18.0. The van der Waals surface area contributed by atoms with Crippen LogP contribution in [0.3, 0.4) is 0 Å². The molecule has 0 bridgehead atoms. The topological polar surface area (TPSA) is 101 Å². The normalized spacial score (nSPS) is 15.1. The van der Waals surface area contributed by atoms with Crippen molar-refractivity contribution in [1.82, 2.24) is 24.6 Å². The van der Waals surface area contributed by atoms with E-state index in [2.05, 4.69) is 15.1 Å². The molecule has 0 unspecified atom stereocenters. The second-order valence-electron chi connectivity index (χ2n) is 7.81. The number of ketones is 1. The molecule has 1 aliphatic rings. The number of hydrogen-bond donors (Lipinski definition) is 1. The molecular weight excluding hydrogens is 402 g/mol. The number of aryl methyl sites for hydroxylation is 3. The van der Waals surface area contributed by atoms with Gasteiger partial charge in [-0.2, -0.15) is 5.10 Å². The van der Waals surface area contributed by atoms with Crippen LogP contribution in [0.25, 0.3) is 10.9 Å². The van der Waals surface area contributed by atoms with Crippen molar-refractivity contribution in [3.05, 3.63) is 44.4 Å². The molecule has 0 aromatic carbocycles. The maximum absolute atomic E-state index is 12.6. The van der Waals surface area contributed by atoms with Gasteiger partial charge in [-0.15, -0.1) is 11.3 Å². The summed E-state index contributed by atoms with van der Waals surface area (Å²) in [4.78, 5) is 47.5.